The molecule has 2 aromatic heterocycles. The van der Waals surface area contributed by atoms with Crippen LogP contribution in [0.2, 0.25) is 0 Å². The first-order valence-electron chi connectivity index (χ1n) is 7.05. The molecule has 1 aliphatic carbocycles. The van der Waals surface area contributed by atoms with Crippen molar-refractivity contribution in [3.63, 3.8) is 0 Å². The fraction of sp³-hybridized carbons (Fsp3) is 0.571. The van der Waals surface area contributed by atoms with Crippen molar-refractivity contribution in [3.8, 4) is 0 Å². The highest BCUT2D eigenvalue weighted by atomic mass is 19.4. The zero-order chi connectivity index (χ0) is 14.7. The number of nitrogens with one attached hydrogen (secondary N) is 1. The third-order valence-corrected chi connectivity index (χ3v) is 4.62. The average molecular weight is 296 g/mol. The molecule has 0 bridgehead atoms. The molecule has 1 spiro atoms. The maximum atomic E-state index is 12.6. The molecule has 0 amide bonds. The topological polar surface area (TPSA) is 42.2 Å². The van der Waals surface area contributed by atoms with Gasteiger partial charge in [-0.2, -0.15) is 13.2 Å². The summed E-state index contributed by atoms with van der Waals surface area (Å²) in [6.07, 6.45) is 3.23. The second-order valence-corrected chi connectivity index (χ2v) is 6.38. The summed E-state index contributed by atoms with van der Waals surface area (Å²) < 4.78 is 39.2. The quantitative estimate of drug-likeness (QED) is 0.924. The molecule has 1 saturated carbocycles. The Kier molecular flexibility index (Phi) is 2.61. The molecule has 4 rings (SSSR count). The van der Waals surface area contributed by atoms with Gasteiger partial charge in [0.25, 0.3) is 0 Å². The fourth-order valence-electron chi connectivity index (χ4n) is 3.58. The predicted molar refractivity (Wildman–Crippen MR) is 69.7 cm³/mol. The van der Waals surface area contributed by atoms with Crippen LogP contribution in [0.15, 0.2) is 18.6 Å². The highest BCUT2D eigenvalue weighted by Crippen LogP contribution is 2.49. The van der Waals surface area contributed by atoms with E-state index in [2.05, 4.69) is 15.3 Å². The minimum atomic E-state index is -4.43. The van der Waals surface area contributed by atoms with Crippen LogP contribution in [-0.2, 0) is 12.6 Å². The van der Waals surface area contributed by atoms with E-state index >= 15 is 0 Å². The first-order chi connectivity index (χ1) is 9.94. The molecule has 0 aromatic carbocycles. The minimum absolute atomic E-state index is 0.0966. The van der Waals surface area contributed by atoms with Crippen LogP contribution in [0.5, 0.6) is 0 Å². The lowest BCUT2D eigenvalue weighted by atomic mass is 9.57. The normalized spacial score (nSPS) is 21.5. The molecule has 2 fully saturated rings. The van der Waals surface area contributed by atoms with Crippen molar-refractivity contribution in [1.82, 2.24) is 19.7 Å². The van der Waals surface area contributed by atoms with Crippen LogP contribution in [0.25, 0.3) is 5.78 Å². The summed E-state index contributed by atoms with van der Waals surface area (Å²) in [5.41, 5.74) is 0.594. The fourth-order valence-corrected chi connectivity index (χ4v) is 3.58. The number of alkyl halides is 3. The molecule has 2 aromatic rings. The molecule has 4 nitrogen and oxygen atoms in total. The van der Waals surface area contributed by atoms with E-state index in [4.69, 9.17) is 0 Å². The standard InChI is InChI=1S/C14H15F3N4/c15-14(16,17)11-6-21-5-10(4-19-12(21)20-11)1-9-2-13(3-9)7-18-8-13/h4-6,9,18H,1-3,7-8H2. The van der Waals surface area contributed by atoms with Crippen molar-refractivity contribution < 1.29 is 13.2 Å². The Hall–Kier alpha value is -1.63. The largest absolute Gasteiger partial charge is 0.434 e. The second kappa shape index (κ2) is 4.19. The van der Waals surface area contributed by atoms with Crippen molar-refractivity contribution in [1.29, 1.82) is 0 Å². The van der Waals surface area contributed by atoms with Gasteiger partial charge in [0.1, 0.15) is 0 Å². The molecule has 21 heavy (non-hydrogen) atoms. The molecule has 0 atom stereocenters. The molecule has 3 heterocycles. The van der Waals surface area contributed by atoms with E-state index in [0.29, 0.717) is 11.3 Å². The van der Waals surface area contributed by atoms with Gasteiger partial charge < -0.3 is 5.32 Å². The number of rotatable bonds is 2. The molecule has 7 heteroatoms. The molecule has 2 aliphatic rings. The van der Waals surface area contributed by atoms with Gasteiger partial charge in [-0.05, 0) is 36.2 Å². The van der Waals surface area contributed by atoms with Gasteiger partial charge in [-0.3, -0.25) is 4.40 Å². The van der Waals surface area contributed by atoms with E-state index in [1.807, 2.05) is 0 Å². The van der Waals surface area contributed by atoms with Gasteiger partial charge in [-0.15, -0.1) is 0 Å². The smallest absolute Gasteiger partial charge is 0.316 e. The predicted octanol–water partition coefficient (Wildman–Crippen LogP) is 2.29. The Bertz CT molecular complexity index is 679. The summed E-state index contributed by atoms with van der Waals surface area (Å²) >= 11 is 0. The van der Waals surface area contributed by atoms with Crippen LogP contribution in [0.1, 0.15) is 24.1 Å². The van der Waals surface area contributed by atoms with E-state index in [1.54, 1.807) is 12.4 Å². The van der Waals surface area contributed by atoms with Gasteiger partial charge in [0, 0.05) is 31.7 Å². The molecule has 112 valence electrons. The number of halogens is 3. The zero-order valence-corrected chi connectivity index (χ0v) is 11.3. The Morgan fingerprint density at radius 2 is 2.05 bits per heavy atom. The van der Waals surface area contributed by atoms with Gasteiger partial charge in [-0.1, -0.05) is 0 Å². The lowest BCUT2D eigenvalue weighted by Gasteiger charge is -2.54. The van der Waals surface area contributed by atoms with Crippen LogP contribution < -0.4 is 5.32 Å². The molecular formula is C14H15F3N4. The molecule has 0 unspecified atom stereocenters. The Morgan fingerprint density at radius 3 is 2.67 bits per heavy atom. The number of nitrogens with zero attached hydrogens (tertiary/aromatic N) is 3. The molecule has 1 saturated heterocycles. The third-order valence-electron chi connectivity index (χ3n) is 4.62. The summed E-state index contributed by atoms with van der Waals surface area (Å²) in [4.78, 5) is 7.54. The number of aromatic nitrogens is 3. The van der Waals surface area contributed by atoms with Crippen molar-refractivity contribution in [2.24, 2.45) is 11.3 Å². The van der Waals surface area contributed by atoms with Gasteiger partial charge in [-0.25, -0.2) is 9.97 Å². The number of hydrogen-bond acceptors (Lipinski definition) is 3. The number of hydrogen-bond donors (Lipinski definition) is 1. The third kappa shape index (κ3) is 2.19. The van der Waals surface area contributed by atoms with Crippen LogP contribution in [0.4, 0.5) is 13.2 Å². The van der Waals surface area contributed by atoms with E-state index < -0.39 is 11.9 Å². The van der Waals surface area contributed by atoms with Gasteiger partial charge in [0.15, 0.2) is 5.69 Å². The monoisotopic (exact) mass is 296 g/mol. The van der Waals surface area contributed by atoms with Crippen molar-refractivity contribution in [2.75, 3.05) is 13.1 Å². The molecule has 1 aliphatic heterocycles. The van der Waals surface area contributed by atoms with Gasteiger partial charge in [0.05, 0.1) is 0 Å². The van der Waals surface area contributed by atoms with Crippen molar-refractivity contribution in [3.05, 3.63) is 29.8 Å². The average Bonchev–Trinajstić information content (AvgIpc) is 2.73. The maximum absolute atomic E-state index is 12.6. The van der Waals surface area contributed by atoms with Gasteiger partial charge >= 0.3 is 6.18 Å². The SMILES string of the molecule is FC(F)(F)c1cn2cc(CC3CC4(CNC4)C3)cnc2n1. The van der Waals surface area contributed by atoms with Crippen molar-refractivity contribution >= 4 is 5.78 Å². The summed E-state index contributed by atoms with van der Waals surface area (Å²) in [7, 11) is 0. The lowest BCUT2D eigenvalue weighted by Crippen LogP contribution is -2.60. The highest BCUT2D eigenvalue weighted by molar-refractivity contribution is 5.32. The van der Waals surface area contributed by atoms with Crippen LogP contribution in [0, 0.1) is 11.3 Å². The Labute approximate surface area is 119 Å². The van der Waals surface area contributed by atoms with Crippen LogP contribution >= 0.6 is 0 Å². The first-order valence-corrected chi connectivity index (χ1v) is 7.05. The highest BCUT2D eigenvalue weighted by Gasteiger charge is 2.47. The summed E-state index contributed by atoms with van der Waals surface area (Å²) in [6.45, 7) is 2.22. The van der Waals surface area contributed by atoms with E-state index in [-0.39, 0.29) is 5.78 Å². The number of fused-ring (bicyclic) bond motifs is 1. The van der Waals surface area contributed by atoms with E-state index in [0.717, 1.165) is 31.3 Å². The number of imidazole rings is 1. The molecular weight excluding hydrogens is 281 g/mol. The maximum Gasteiger partial charge on any atom is 0.434 e. The Morgan fingerprint density at radius 1 is 1.29 bits per heavy atom. The van der Waals surface area contributed by atoms with Crippen molar-refractivity contribution in [2.45, 2.75) is 25.4 Å². The molecule has 1 N–H and O–H groups in total. The summed E-state index contributed by atoms with van der Waals surface area (Å²) in [5.74, 6) is 0.719. The van der Waals surface area contributed by atoms with Gasteiger partial charge in [0.2, 0.25) is 5.78 Å². The first kappa shape index (κ1) is 13.1. The summed E-state index contributed by atoms with van der Waals surface area (Å²) in [6, 6.07) is 0. The Balaban J connectivity index is 1.51. The van der Waals surface area contributed by atoms with E-state index in [9.17, 15) is 13.2 Å². The van der Waals surface area contributed by atoms with E-state index in [1.165, 1.54) is 17.2 Å². The van der Waals surface area contributed by atoms with Crippen LogP contribution in [0.3, 0.4) is 0 Å². The second-order valence-electron chi connectivity index (χ2n) is 6.38. The van der Waals surface area contributed by atoms with Crippen LogP contribution in [-0.4, -0.2) is 27.5 Å². The minimum Gasteiger partial charge on any atom is -0.316 e. The lowest BCUT2D eigenvalue weighted by molar-refractivity contribution is -0.140. The zero-order valence-electron chi connectivity index (χ0n) is 11.3. The summed E-state index contributed by atoms with van der Waals surface area (Å²) in [5, 5.41) is 3.30. The molecule has 0 radical (unpaired) electrons.